The first-order valence-electron chi connectivity index (χ1n) is 5.67. The van der Waals surface area contributed by atoms with Gasteiger partial charge in [-0.25, -0.2) is 0 Å². The summed E-state index contributed by atoms with van der Waals surface area (Å²) in [7, 11) is 1.65. The second-order valence-electron chi connectivity index (χ2n) is 4.13. The first-order chi connectivity index (χ1) is 7.67. The predicted octanol–water partition coefficient (Wildman–Crippen LogP) is 1.25. The number of methoxy groups -OCH3 is 1. The van der Waals surface area contributed by atoms with E-state index in [-0.39, 0.29) is 12.0 Å². The average Bonchev–Trinajstić information content (AvgIpc) is 2.35. The van der Waals surface area contributed by atoms with Crippen LogP contribution in [0.25, 0.3) is 0 Å². The standard InChI is InChI=1S/C11H20N2O3/c1-9(16-2)3-4-11(14)13-7-5-10(12-15)6-8-13/h9,15H,3-8H2,1-2H3. The second kappa shape index (κ2) is 6.48. The molecule has 0 aromatic heterocycles. The van der Waals surface area contributed by atoms with Gasteiger partial charge >= 0.3 is 0 Å². The number of nitrogens with zero attached hydrogens (tertiary/aromatic N) is 2. The number of carbonyl (C=O) groups is 1. The second-order valence-corrected chi connectivity index (χ2v) is 4.13. The number of hydrogen-bond donors (Lipinski definition) is 1. The Balaban J connectivity index is 2.28. The number of amides is 1. The smallest absolute Gasteiger partial charge is 0.222 e. The normalized spacial score (nSPS) is 18.4. The van der Waals surface area contributed by atoms with Crippen molar-refractivity contribution in [1.82, 2.24) is 4.90 Å². The Morgan fingerprint density at radius 2 is 2.19 bits per heavy atom. The van der Waals surface area contributed by atoms with E-state index < -0.39 is 0 Å². The lowest BCUT2D eigenvalue weighted by Crippen LogP contribution is -2.38. The lowest BCUT2D eigenvalue weighted by molar-refractivity contribution is -0.132. The van der Waals surface area contributed by atoms with Crippen molar-refractivity contribution in [1.29, 1.82) is 0 Å². The van der Waals surface area contributed by atoms with Gasteiger partial charge in [0.15, 0.2) is 0 Å². The molecule has 0 radical (unpaired) electrons. The van der Waals surface area contributed by atoms with Crippen LogP contribution in [0.2, 0.25) is 0 Å². The van der Waals surface area contributed by atoms with Crippen LogP contribution in [-0.4, -0.2) is 48.0 Å². The summed E-state index contributed by atoms with van der Waals surface area (Å²) in [6.07, 6.45) is 2.78. The molecule has 0 spiro atoms. The molecule has 1 saturated heterocycles. The van der Waals surface area contributed by atoms with Crippen LogP contribution in [0.3, 0.4) is 0 Å². The summed E-state index contributed by atoms with van der Waals surface area (Å²) in [5, 5.41) is 11.8. The van der Waals surface area contributed by atoms with Crippen LogP contribution in [0.5, 0.6) is 0 Å². The van der Waals surface area contributed by atoms with Gasteiger partial charge in [-0.05, 0) is 13.3 Å². The van der Waals surface area contributed by atoms with Crippen molar-refractivity contribution < 1.29 is 14.7 Å². The molecule has 92 valence electrons. The molecule has 1 rings (SSSR count). The maximum Gasteiger partial charge on any atom is 0.222 e. The fraction of sp³-hybridized carbons (Fsp3) is 0.818. The van der Waals surface area contributed by atoms with Crippen LogP contribution in [0.4, 0.5) is 0 Å². The van der Waals surface area contributed by atoms with Gasteiger partial charge in [-0.15, -0.1) is 0 Å². The van der Waals surface area contributed by atoms with Crippen LogP contribution in [-0.2, 0) is 9.53 Å². The lowest BCUT2D eigenvalue weighted by atomic mass is 10.1. The third kappa shape index (κ3) is 3.81. The summed E-state index contributed by atoms with van der Waals surface area (Å²) in [5.41, 5.74) is 0.786. The molecule has 1 amide bonds. The number of oxime groups is 1. The minimum Gasteiger partial charge on any atom is -0.411 e. The average molecular weight is 228 g/mol. The molecule has 0 aromatic rings. The van der Waals surface area contributed by atoms with Crippen molar-refractivity contribution in [2.24, 2.45) is 5.16 Å². The van der Waals surface area contributed by atoms with Gasteiger partial charge in [0.2, 0.25) is 5.91 Å². The Labute approximate surface area is 96.1 Å². The van der Waals surface area contributed by atoms with Crippen LogP contribution in [0, 0.1) is 0 Å². The maximum absolute atomic E-state index is 11.8. The highest BCUT2D eigenvalue weighted by atomic mass is 16.5. The summed E-state index contributed by atoms with van der Waals surface area (Å²) in [4.78, 5) is 13.6. The van der Waals surface area contributed by atoms with Crippen molar-refractivity contribution in [3.63, 3.8) is 0 Å². The fourth-order valence-electron chi connectivity index (χ4n) is 1.72. The third-order valence-electron chi connectivity index (χ3n) is 3.00. The molecule has 1 aliphatic rings. The number of carbonyl (C=O) groups excluding carboxylic acids is 1. The first-order valence-corrected chi connectivity index (χ1v) is 5.67. The van der Waals surface area contributed by atoms with Crippen LogP contribution in [0.15, 0.2) is 5.16 Å². The van der Waals surface area contributed by atoms with Crippen molar-refractivity contribution in [3.05, 3.63) is 0 Å². The molecule has 0 saturated carbocycles. The molecule has 0 aromatic carbocycles. The van der Waals surface area contributed by atoms with Gasteiger partial charge in [0.05, 0.1) is 11.8 Å². The molecule has 1 unspecified atom stereocenters. The molecular formula is C11H20N2O3. The van der Waals surface area contributed by atoms with Gasteiger partial charge in [-0.3, -0.25) is 4.79 Å². The summed E-state index contributed by atoms with van der Waals surface area (Å²) in [6, 6.07) is 0. The van der Waals surface area contributed by atoms with Crippen molar-refractivity contribution >= 4 is 11.6 Å². The summed E-state index contributed by atoms with van der Waals surface area (Å²) in [5.74, 6) is 0.167. The molecule has 0 bridgehead atoms. The third-order valence-corrected chi connectivity index (χ3v) is 3.00. The van der Waals surface area contributed by atoms with Crippen LogP contribution < -0.4 is 0 Å². The zero-order chi connectivity index (χ0) is 12.0. The topological polar surface area (TPSA) is 62.1 Å². The number of rotatable bonds is 4. The Kier molecular flexibility index (Phi) is 5.25. The maximum atomic E-state index is 11.8. The highest BCUT2D eigenvalue weighted by Crippen LogP contribution is 2.10. The number of ether oxygens (including phenoxy) is 1. The summed E-state index contributed by atoms with van der Waals surface area (Å²) in [6.45, 7) is 3.29. The molecule has 16 heavy (non-hydrogen) atoms. The quantitative estimate of drug-likeness (QED) is 0.582. The van der Waals surface area contributed by atoms with E-state index in [9.17, 15) is 4.79 Å². The Hall–Kier alpha value is -1.10. The largest absolute Gasteiger partial charge is 0.411 e. The van der Waals surface area contributed by atoms with E-state index in [1.54, 1.807) is 7.11 Å². The summed E-state index contributed by atoms with van der Waals surface area (Å²) >= 11 is 0. The molecule has 1 heterocycles. The van der Waals surface area contributed by atoms with E-state index in [0.29, 0.717) is 32.4 Å². The van der Waals surface area contributed by atoms with E-state index in [1.165, 1.54) is 0 Å². The van der Waals surface area contributed by atoms with Gasteiger partial charge < -0.3 is 14.8 Å². The Bertz CT molecular complexity index is 256. The van der Waals surface area contributed by atoms with Gasteiger partial charge in [0.25, 0.3) is 0 Å². The van der Waals surface area contributed by atoms with E-state index in [0.717, 1.165) is 12.1 Å². The highest BCUT2D eigenvalue weighted by Gasteiger charge is 2.20. The zero-order valence-corrected chi connectivity index (χ0v) is 9.98. The molecular weight excluding hydrogens is 208 g/mol. The molecule has 1 atom stereocenters. The Morgan fingerprint density at radius 1 is 1.56 bits per heavy atom. The molecule has 5 heteroatoms. The van der Waals surface area contributed by atoms with Gasteiger partial charge in [0.1, 0.15) is 0 Å². The number of hydrogen-bond acceptors (Lipinski definition) is 4. The number of likely N-dealkylation sites (tertiary alicyclic amines) is 1. The van der Waals surface area contributed by atoms with Crippen molar-refractivity contribution in [3.8, 4) is 0 Å². The first kappa shape index (κ1) is 13.0. The van der Waals surface area contributed by atoms with E-state index in [4.69, 9.17) is 9.94 Å². The van der Waals surface area contributed by atoms with Gasteiger partial charge in [0, 0.05) is 39.5 Å². The minimum absolute atomic E-state index is 0.128. The van der Waals surface area contributed by atoms with Crippen molar-refractivity contribution in [2.45, 2.75) is 38.7 Å². The minimum atomic E-state index is 0.128. The zero-order valence-electron chi connectivity index (χ0n) is 9.98. The Morgan fingerprint density at radius 3 is 2.69 bits per heavy atom. The lowest BCUT2D eigenvalue weighted by Gasteiger charge is -2.27. The van der Waals surface area contributed by atoms with Crippen LogP contribution >= 0.6 is 0 Å². The van der Waals surface area contributed by atoms with E-state index in [1.807, 2.05) is 11.8 Å². The van der Waals surface area contributed by atoms with Crippen molar-refractivity contribution in [2.75, 3.05) is 20.2 Å². The summed E-state index contributed by atoms with van der Waals surface area (Å²) < 4.78 is 5.10. The molecule has 5 nitrogen and oxygen atoms in total. The molecule has 1 N–H and O–H groups in total. The molecule has 1 aliphatic heterocycles. The fourth-order valence-corrected chi connectivity index (χ4v) is 1.72. The van der Waals surface area contributed by atoms with Gasteiger partial charge in [-0.1, -0.05) is 5.16 Å². The SMILES string of the molecule is COC(C)CCC(=O)N1CCC(=NO)CC1. The van der Waals surface area contributed by atoms with Crippen LogP contribution in [0.1, 0.15) is 32.6 Å². The van der Waals surface area contributed by atoms with E-state index >= 15 is 0 Å². The molecule has 1 fully saturated rings. The van der Waals surface area contributed by atoms with Gasteiger partial charge in [-0.2, -0.15) is 0 Å². The molecule has 0 aliphatic carbocycles. The monoisotopic (exact) mass is 228 g/mol. The predicted molar refractivity (Wildman–Crippen MR) is 60.7 cm³/mol. The van der Waals surface area contributed by atoms with E-state index in [2.05, 4.69) is 5.16 Å². The number of piperidine rings is 1. The highest BCUT2D eigenvalue weighted by molar-refractivity contribution is 5.87.